The molecule has 0 aliphatic carbocycles. The molecule has 0 radical (unpaired) electrons. The maximum Gasteiger partial charge on any atom is 0.256 e. The van der Waals surface area contributed by atoms with Crippen molar-refractivity contribution in [3.63, 3.8) is 0 Å². The number of piperidine rings is 1. The zero-order valence-corrected chi connectivity index (χ0v) is 13.6. The number of rotatable bonds is 3. The molecule has 126 valence electrons. The van der Waals surface area contributed by atoms with Gasteiger partial charge < -0.3 is 9.15 Å². The molecule has 4 rings (SSSR count). The number of nitrogens with zero attached hydrogens (tertiary/aromatic N) is 2. The number of hydrogen-bond acceptors (Lipinski definition) is 5. The van der Waals surface area contributed by atoms with E-state index in [9.17, 15) is 4.79 Å². The van der Waals surface area contributed by atoms with Gasteiger partial charge in [0.2, 0.25) is 0 Å². The molecule has 0 bridgehead atoms. The first kappa shape index (κ1) is 15.2. The van der Waals surface area contributed by atoms with E-state index in [1.807, 2.05) is 19.1 Å². The Hall–Kier alpha value is -1.37. The summed E-state index contributed by atoms with van der Waals surface area (Å²) in [5.74, 6) is 1.99. The molecule has 3 aliphatic heterocycles. The quantitative estimate of drug-likeness (QED) is 0.849. The third-order valence-electron chi connectivity index (χ3n) is 5.28. The minimum atomic E-state index is -0.454. The van der Waals surface area contributed by atoms with Crippen LogP contribution in [0.2, 0.25) is 0 Å². The van der Waals surface area contributed by atoms with Crippen molar-refractivity contribution in [1.29, 1.82) is 0 Å². The molecule has 2 atom stereocenters. The predicted octanol–water partition coefficient (Wildman–Crippen LogP) is 1.73. The van der Waals surface area contributed by atoms with Crippen molar-refractivity contribution in [3.05, 3.63) is 23.7 Å². The molecule has 4 heterocycles. The Morgan fingerprint density at radius 1 is 1.35 bits per heavy atom. The maximum absolute atomic E-state index is 13.1. The van der Waals surface area contributed by atoms with E-state index in [2.05, 4.69) is 4.90 Å². The number of furan rings is 1. The zero-order chi connectivity index (χ0) is 15.9. The van der Waals surface area contributed by atoms with E-state index in [0.29, 0.717) is 19.8 Å². The third-order valence-corrected chi connectivity index (χ3v) is 5.28. The molecular formula is C17H24N2O4. The van der Waals surface area contributed by atoms with Crippen molar-refractivity contribution >= 4 is 5.91 Å². The van der Waals surface area contributed by atoms with E-state index in [4.69, 9.17) is 14.0 Å². The van der Waals surface area contributed by atoms with Gasteiger partial charge in [-0.2, -0.15) is 0 Å². The maximum atomic E-state index is 13.1. The predicted molar refractivity (Wildman–Crippen MR) is 82.4 cm³/mol. The summed E-state index contributed by atoms with van der Waals surface area (Å²) in [6.07, 6.45) is 2.61. The first-order valence-corrected chi connectivity index (χ1v) is 8.51. The van der Waals surface area contributed by atoms with Crippen LogP contribution in [-0.2, 0) is 20.9 Å². The molecule has 3 saturated heterocycles. The van der Waals surface area contributed by atoms with Crippen molar-refractivity contribution < 1.29 is 18.8 Å². The fourth-order valence-electron chi connectivity index (χ4n) is 4.12. The van der Waals surface area contributed by atoms with Gasteiger partial charge in [0.15, 0.2) is 0 Å². The summed E-state index contributed by atoms with van der Waals surface area (Å²) in [5, 5.41) is 1.57. The monoisotopic (exact) mass is 320 g/mol. The smallest absolute Gasteiger partial charge is 0.256 e. The highest BCUT2D eigenvalue weighted by Crippen LogP contribution is 2.43. The van der Waals surface area contributed by atoms with Gasteiger partial charge in [-0.15, -0.1) is 0 Å². The van der Waals surface area contributed by atoms with Crippen molar-refractivity contribution in [2.75, 3.05) is 32.8 Å². The molecule has 3 fully saturated rings. The average Bonchev–Trinajstić information content (AvgIpc) is 3.27. The van der Waals surface area contributed by atoms with Crippen LogP contribution in [0.15, 0.2) is 16.5 Å². The lowest BCUT2D eigenvalue weighted by Gasteiger charge is -2.43. The third kappa shape index (κ3) is 2.69. The minimum Gasteiger partial charge on any atom is -0.465 e. The fourth-order valence-corrected chi connectivity index (χ4v) is 4.12. The van der Waals surface area contributed by atoms with Gasteiger partial charge in [0.1, 0.15) is 11.5 Å². The van der Waals surface area contributed by atoms with Crippen LogP contribution in [0.25, 0.3) is 0 Å². The van der Waals surface area contributed by atoms with Crippen LogP contribution >= 0.6 is 0 Å². The van der Waals surface area contributed by atoms with Gasteiger partial charge in [-0.3, -0.25) is 14.5 Å². The second-order valence-electron chi connectivity index (χ2n) is 6.87. The van der Waals surface area contributed by atoms with Gasteiger partial charge in [-0.1, -0.05) is 0 Å². The lowest BCUT2D eigenvalue weighted by molar-refractivity contribution is -0.187. The summed E-state index contributed by atoms with van der Waals surface area (Å²) in [7, 11) is 0. The summed E-state index contributed by atoms with van der Waals surface area (Å²) in [4.78, 5) is 20.9. The van der Waals surface area contributed by atoms with Gasteiger partial charge in [0, 0.05) is 19.7 Å². The number of likely N-dealkylation sites (tertiary alicyclic amines) is 1. The number of amides is 1. The molecule has 0 spiro atoms. The number of fused-ring (bicyclic) bond motifs is 1. The average molecular weight is 320 g/mol. The Bertz CT molecular complexity index is 581. The molecule has 0 unspecified atom stereocenters. The van der Waals surface area contributed by atoms with Gasteiger partial charge in [0.05, 0.1) is 31.2 Å². The second kappa shape index (κ2) is 5.92. The van der Waals surface area contributed by atoms with E-state index in [1.165, 1.54) is 0 Å². The van der Waals surface area contributed by atoms with Gasteiger partial charge >= 0.3 is 0 Å². The normalized spacial score (nSPS) is 31.5. The highest BCUT2D eigenvalue weighted by atomic mass is 16.7. The Balaban J connectivity index is 1.52. The minimum absolute atomic E-state index is 0.0220. The van der Waals surface area contributed by atoms with Crippen LogP contribution < -0.4 is 0 Å². The van der Waals surface area contributed by atoms with Gasteiger partial charge in [-0.25, -0.2) is 5.06 Å². The number of carbonyl (C=O) groups excluding carboxylic acids is 1. The van der Waals surface area contributed by atoms with E-state index in [1.54, 1.807) is 5.06 Å². The van der Waals surface area contributed by atoms with E-state index in [-0.39, 0.29) is 12.0 Å². The SMILES string of the molecule is Cc1ccc(CN2CC[C@H]3OCC[C@]3(C(=O)N3CCCO3)C2)o1. The molecule has 3 aliphatic rings. The van der Waals surface area contributed by atoms with E-state index >= 15 is 0 Å². The Kier molecular flexibility index (Phi) is 3.91. The zero-order valence-electron chi connectivity index (χ0n) is 13.6. The number of hydrogen-bond donors (Lipinski definition) is 0. The molecule has 1 aromatic heterocycles. The molecule has 0 aromatic carbocycles. The molecule has 0 saturated carbocycles. The summed E-state index contributed by atoms with van der Waals surface area (Å²) in [5.41, 5.74) is -0.454. The van der Waals surface area contributed by atoms with Crippen LogP contribution in [0.3, 0.4) is 0 Å². The number of aryl methyl sites for hydroxylation is 1. The summed E-state index contributed by atoms with van der Waals surface area (Å²) in [6, 6.07) is 4.00. The van der Waals surface area contributed by atoms with Gasteiger partial charge in [0.25, 0.3) is 5.91 Å². The highest BCUT2D eigenvalue weighted by Gasteiger charge is 2.55. The number of ether oxygens (including phenoxy) is 1. The first-order valence-electron chi connectivity index (χ1n) is 8.51. The van der Waals surface area contributed by atoms with Crippen LogP contribution in [0.5, 0.6) is 0 Å². The van der Waals surface area contributed by atoms with Crippen LogP contribution in [0, 0.1) is 12.3 Å². The standard InChI is InChI=1S/C17H24N2O4/c1-13-3-4-14(23-13)11-18-8-5-15-17(12-18,6-10-21-15)16(20)19-7-2-9-22-19/h3-4,15H,2,5-12H2,1H3/t15-,17+/m1/s1. The fraction of sp³-hybridized carbons (Fsp3) is 0.706. The molecule has 6 heteroatoms. The molecule has 1 aromatic rings. The lowest BCUT2D eigenvalue weighted by Crippen LogP contribution is -2.57. The molecule has 0 N–H and O–H groups in total. The Labute approximate surface area is 136 Å². The van der Waals surface area contributed by atoms with Crippen LogP contribution in [-0.4, -0.2) is 54.8 Å². The van der Waals surface area contributed by atoms with Crippen molar-refractivity contribution in [1.82, 2.24) is 9.96 Å². The number of hydroxylamine groups is 2. The van der Waals surface area contributed by atoms with Gasteiger partial charge in [-0.05, 0) is 38.3 Å². The van der Waals surface area contributed by atoms with Crippen molar-refractivity contribution in [3.8, 4) is 0 Å². The Morgan fingerprint density at radius 2 is 2.26 bits per heavy atom. The summed E-state index contributed by atoms with van der Waals surface area (Å²) < 4.78 is 11.6. The topological polar surface area (TPSA) is 55.2 Å². The second-order valence-corrected chi connectivity index (χ2v) is 6.87. The van der Waals surface area contributed by atoms with Crippen molar-refractivity contribution in [2.24, 2.45) is 5.41 Å². The summed E-state index contributed by atoms with van der Waals surface area (Å²) in [6.45, 7) is 6.36. The van der Waals surface area contributed by atoms with Crippen LogP contribution in [0.4, 0.5) is 0 Å². The molecule has 23 heavy (non-hydrogen) atoms. The van der Waals surface area contributed by atoms with Crippen LogP contribution in [0.1, 0.15) is 30.8 Å². The largest absolute Gasteiger partial charge is 0.465 e. The van der Waals surface area contributed by atoms with Crippen molar-refractivity contribution in [2.45, 2.75) is 38.8 Å². The molecule has 1 amide bonds. The van der Waals surface area contributed by atoms with E-state index in [0.717, 1.165) is 50.4 Å². The van der Waals surface area contributed by atoms with E-state index < -0.39 is 5.41 Å². The first-order chi connectivity index (χ1) is 11.2. The molecule has 6 nitrogen and oxygen atoms in total. The Morgan fingerprint density at radius 3 is 3.00 bits per heavy atom. The lowest BCUT2D eigenvalue weighted by atomic mass is 9.75. The number of carbonyl (C=O) groups is 1. The highest BCUT2D eigenvalue weighted by molar-refractivity contribution is 5.83. The summed E-state index contributed by atoms with van der Waals surface area (Å²) >= 11 is 0. The molecular weight excluding hydrogens is 296 g/mol.